The van der Waals surface area contributed by atoms with Gasteiger partial charge in [-0.15, -0.1) is 0 Å². The Hall–Kier alpha value is -1.43. The molecule has 5 heteroatoms. The van der Waals surface area contributed by atoms with Crippen LogP contribution in [0.2, 0.25) is 0 Å². The molecule has 0 aromatic heterocycles. The second-order valence-corrected chi connectivity index (χ2v) is 8.67. The van der Waals surface area contributed by atoms with Gasteiger partial charge in [0.15, 0.2) is 0 Å². The third-order valence-electron chi connectivity index (χ3n) is 6.34. The summed E-state index contributed by atoms with van der Waals surface area (Å²) >= 11 is 0. The first-order valence-corrected chi connectivity index (χ1v) is 11.9. The third kappa shape index (κ3) is 8.75. The van der Waals surface area contributed by atoms with Crippen LogP contribution < -0.4 is 11.1 Å². The summed E-state index contributed by atoms with van der Waals surface area (Å²) in [5.74, 6) is 0.0738. The number of carbonyl (C=O) groups is 1. The molecule has 2 rings (SSSR count). The molecule has 30 heavy (non-hydrogen) atoms. The zero-order chi connectivity index (χ0) is 21.8. The average Bonchev–Trinajstić information content (AvgIpc) is 2.73. The van der Waals surface area contributed by atoms with Crippen molar-refractivity contribution in [3.05, 3.63) is 34.6 Å². The lowest BCUT2D eigenvalue weighted by Gasteiger charge is -2.24. The molecule has 5 nitrogen and oxygen atoms in total. The molecule has 0 spiro atoms. The number of hydrogen-bond acceptors (Lipinski definition) is 5. The van der Waals surface area contributed by atoms with Gasteiger partial charge in [0, 0.05) is 31.9 Å². The number of ketones is 1. The molecule has 0 saturated carbocycles. The maximum absolute atomic E-state index is 11.4. The molecule has 0 unspecified atom stereocenters. The van der Waals surface area contributed by atoms with Crippen molar-refractivity contribution in [2.24, 2.45) is 5.73 Å². The highest BCUT2D eigenvalue weighted by molar-refractivity contribution is 5.81. The minimum absolute atomic E-state index is 0.0738. The van der Waals surface area contributed by atoms with Gasteiger partial charge < -0.3 is 20.7 Å². The standard InChI is InChI=1S/C25H43N3O2/c1-4-30-19-18-28(17-14-24(26)21(3)29)16-6-5-8-22-11-12-23-9-7-15-27-25(23)13-10-20(22)2/h11-12,24,27H,4-10,13-19,26H2,1-3H3/b12-11-,22-20-/t24-/m0/s1. The number of nitrogens with two attached hydrogens (primary N) is 1. The Balaban J connectivity index is 1.81. The molecule has 1 atom stereocenters. The molecule has 0 aromatic carbocycles. The first-order valence-electron chi connectivity index (χ1n) is 11.9. The van der Waals surface area contributed by atoms with Crippen LogP contribution in [0.3, 0.4) is 0 Å². The van der Waals surface area contributed by atoms with Gasteiger partial charge in [0.05, 0.1) is 12.6 Å². The van der Waals surface area contributed by atoms with Crippen molar-refractivity contribution < 1.29 is 9.53 Å². The zero-order valence-electron chi connectivity index (χ0n) is 19.5. The number of hydrogen-bond donors (Lipinski definition) is 2. The summed E-state index contributed by atoms with van der Waals surface area (Å²) < 4.78 is 5.54. The van der Waals surface area contributed by atoms with E-state index in [9.17, 15) is 4.79 Å². The fourth-order valence-corrected chi connectivity index (χ4v) is 4.18. The van der Waals surface area contributed by atoms with Crippen LogP contribution in [0.1, 0.15) is 72.1 Å². The van der Waals surface area contributed by atoms with Gasteiger partial charge in [0.1, 0.15) is 5.78 Å². The van der Waals surface area contributed by atoms with E-state index in [4.69, 9.17) is 10.5 Å². The number of unbranched alkanes of at least 4 members (excludes halogenated alkanes) is 1. The summed E-state index contributed by atoms with van der Waals surface area (Å²) in [5.41, 5.74) is 12.0. The third-order valence-corrected chi connectivity index (χ3v) is 6.34. The predicted octanol–water partition coefficient (Wildman–Crippen LogP) is 4.11. The molecule has 0 aromatic rings. The number of nitrogens with zero attached hydrogens (tertiary/aromatic N) is 1. The van der Waals surface area contributed by atoms with Crippen LogP contribution in [0.5, 0.6) is 0 Å². The number of allylic oxidation sites excluding steroid dienone is 6. The van der Waals surface area contributed by atoms with Crippen molar-refractivity contribution in [3.63, 3.8) is 0 Å². The second kappa shape index (κ2) is 13.8. The van der Waals surface area contributed by atoms with E-state index in [2.05, 4.69) is 29.3 Å². The normalized spacial score (nSPS) is 21.6. The molecule has 0 radical (unpaired) electrons. The Bertz CT molecular complexity index is 636. The summed E-state index contributed by atoms with van der Waals surface area (Å²) in [6.45, 7) is 11.3. The number of Topliss-reactive ketones (excluding diaryl/α,β-unsaturated/α-hetero) is 1. The van der Waals surface area contributed by atoms with Gasteiger partial charge in [-0.3, -0.25) is 4.79 Å². The minimum Gasteiger partial charge on any atom is -0.388 e. The SMILES string of the molecule is CCOCCN(CCCCC1=C(\C)CCC2=C(/C=C\1)CCCN2)CC[C@H](N)C(C)=O. The molecule has 0 saturated heterocycles. The minimum atomic E-state index is -0.346. The molecule has 170 valence electrons. The van der Waals surface area contributed by atoms with Crippen molar-refractivity contribution in [3.8, 4) is 0 Å². The molecule has 1 heterocycles. The van der Waals surface area contributed by atoms with Crippen LogP contribution >= 0.6 is 0 Å². The first-order chi connectivity index (χ1) is 14.5. The molecular formula is C25H43N3O2. The van der Waals surface area contributed by atoms with E-state index in [1.807, 2.05) is 6.92 Å². The monoisotopic (exact) mass is 417 g/mol. The molecule has 1 aliphatic heterocycles. The fraction of sp³-hybridized carbons (Fsp3) is 0.720. The van der Waals surface area contributed by atoms with E-state index in [-0.39, 0.29) is 11.8 Å². The summed E-state index contributed by atoms with van der Waals surface area (Å²) in [7, 11) is 0. The van der Waals surface area contributed by atoms with Crippen molar-refractivity contribution in [2.45, 2.75) is 78.2 Å². The van der Waals surface area contributed by atoms with Crippen molar-refractivity contribution in [2.75, 3.05) is 39.4 Å². The molecule has 2 aliphatic rings. The van der Waals surface area contributed by atoms with Gasteiger partial charge in [0.25, 0.3) is 0 Å². The van der Waals surface area contributed by atoms with Crippen molar-refractivity contribution in [1.29, 1.82) is 0 Å². The summed E-state index contributed by atoms with van der Waals surface area (Å²) in [5, 5.41) is 3.60. The van der Waals surface area contributed by atoms with Crippen LogP contribution in [0.15, 0.2) is 34.6 Å². The Labute approximate surface area is 183 Å². The van der Waals surface area contributed by atoms with Gasteiger partial charge in [-0.25, -0.2) is 0 Å². The van der Waals surface area contributed by atoms with Gasteiger partial charge in [0.2, 0.25) is 0 Å². The molecule has 0 bridgehead atoms. The van der Waals surface area contributed by atoms with Crippen LogP contribution in [0, 0.1) is 0 Å². The fourth-order valence-electron chi connectivity index (χ4n) is 4.18. The highest BCUT2D eigenvalue weighted by Gasteiger charge is 2.14. The van der Waals surface area contributed by atoms with Gasteiger partial charge >= 0.3 is 0 Å². The Kier molecular flexibility index (Phi) is 11.4. The van der Waals surface area contributed by atoms with E-state index >= 15 is 0 Å². The van der Waals surface area contributed by atoms with Gasteiger partial charge in [-0.1, -0.05) is 17.7 Å². The zero-order valence-corrected chi connectivity index (χ0v) is 19.5. The van der Waals surface area contributed by atoms with E-state index in [1.54, 1.807) is 6.92 Å². The topological polar surface area (TPSA) is 67.6 Å². The van der Waals surface area contributed by atoms with Crippen LogP contribution in [0.25, 0.3) is 0 Å². The molecule has 1 aliphatic carbocycles. The number of carbonyl (C=O) groups excluding carboxylic acids is 1. The van der Waals surface area contributed by atoms with Crippen LogP contribution in [0.4, 0.5) is 0 Å². The van der Waals surface area contributed by atoms with Crippen LogP contribution in [-0.4, -0.2) is 56.1 Å². The summed E-state index contributed by atoms with van der Waals surface area (Å²) in [6.07, 6.45) is 13.7. The van der Waals surface area contributed by atoms with E-state index in [0.717, 1.165) is 71.5 Å². The average molecular weight is 418 g/mol. The number of rotatable bonds is 13. The van der Waals surface area contributed by atoms with Gasteiger partial charge in [-0.05, 0) is 89.8 Å². The molecule has 3 N–H and O–H groups in total. The number of ether oxygens (including phenoxy) is 1. The lowest BCUT2D eigenvalue weighted by atomic mass is 9.91. The highest BCUT2D eigenvalue weighted by atomic mass is 16.5. The maximum Gasteiger partial charge on any atom is 0.146 e. The molecule has 0 fully saturated rings. The smallest absolute Gasteiger partial charge is 0.146 e. The predicted molar refractivity (Wildman–Crippen MR) is 125 cm³/mol. The highest BCUT2D eigenvalue weighted by Crippen LogP contribution is 2.27. The molecule has 0 amide bonds. The summed E-state index contributed by atoms with van der Waals surface area (Å²) in [4.78, 5) is 13.8. The lowest BCUT2D eigenvalue weighted by molar-refractivity contribution is -0.118. The number of nitrogens with one attached hydrogen (secondary N) is 1. The largest absolute Gasteiger partial charge is 0.388 e. The second-order valence-electron chi connectivity index (χ2n) is 8.67. The Morgan fingerprint density at radius 3 is 2.80 bits per heavy atom. The Morgan fingerprint density at radius 1 is 1.20 bits per heavy atom. The van der Waals surface area contributed by atoms with Crippen LogP contribution in [-0.2, 0) is 9.53 Å². The Morgan fingerprint density at radius 2 is 2.03 bits per heavy atom. The maximum atomic E-state index is 11.4. The van der Waals surface area contributed by atoms with Crippen molar-refractivity contribution >= 4 is 5.78 Å². The van der Waals surface area contributed by atoms with E-state index in [0.29, 0.717) is 0 Å². The quantitative estimate of drug-likeness (QED) is 0.442. The van der Waals surface area contributed by atoms with E-state index in [1.165, 1.54) is 41.7 Å². The van der Waals surface area contributed by atoms with Crippen molar-refractivity contribution in [1.82, 2.24) is 10.2 Å². The first kappa shape index (κ1) is 24.8. The summed E-state index contributed by atoms with van der Waals surface area (Å²) in [6, 6.07) is -0.346. The lowest BCUT2D eigenvalue weighted by Crippen LogP contribution is -2.36. The molecular weight excluding hydrogens is 374 g/mol. The van der Waals surface area contributed by atoms with E-state index < -0.39 is 0 Å². The van der Waals surface area contributed by atoms with Gasteiger partial charge in [-0.2, -0.15) is 0 Å².